The molecule has 1 aliphatic rings. The first-order valence-electron chi connectivity index (χ1n) is 7.22. The van der Waals surface area contributed by atoms with Gasteiger partial charge in [0.1, 0.15) is 5.70 Å². The minimum absolute atomic E-state index is 0.226. The van der Waals surface area contributed by atoms with Crippen LogP contribution in [0.1, 0.15) is 32.6 Å². The molecule has 0 spiro atoms. The molecule has 0 bridgehead atoms. The maximum absolute atomic E-state index is 12.2. The highest BCUT2D eigenvalue weighted by molar-refractivity contribution is 9.10. The lowest BCUT2D eigenvalue weighted by atomic mass is 10.2. The standard InChI is InChI=1S/C16H19BrN2O2/c1-2-3-4-5-10-19-15(20)11-14(16(19)21)18-13-8-6-12(17)7-9-13/h6-9,11,18H,2-5,10H2,1H3. The highest BCUT2D eigenvalue weighted by Crippen LogP contribution is 2.19. The lowest BCUT2D eigenvalue weighted by molar-refractivity contribution is -0.137. The Bertz CT molecular complexity index is 552. The highest BCUT2D eigenvalue weighted by atomic mass is 79.9. The molecule has 0 aromatic heterocycles. The number of hydrogen-bond acceptors (Lipinski definition) is 3. The first-order valence-corrected chi connectivity index (χ1v) is 8.01. The fraction of sp³-hybridized carbons (Fsp3) is 0.375. The van der Waals surface area contributed by atoms with E-state index < -0.39 is 0 Å². The third kappa shape index (κ3) is 4.17. The van der Waals surface area contributed by atoms with Crippen LogP contribution in [0.15, 0.2) is 40.5 Å². The molecular weight excluding hydrogens is 332 g/mol. The van der Waals surface area contributed by atoms with Crippen molar-refractivity contribution in [1.29, 1.82) is 0 Å². The van der Waals surface area contributed by atoms with Gasteiger partial charge in [-0.15, -0.1) is 0 Å². The summed E-state index contributed by atoms with van der Waals surface area (Å²) >= 11 is 3.36. The van der Waals surface area contributed by atoms with Crippen LogP contribution >= 0.6 is 15.9 Å². The van der Waals surface area contributed by atoms with Crippen LogP contribution in [-0.2, 0) is 9.59 Å². The van der Waals surface area contributed by atoms with Crippen molar-refractivity contribution in [1.82, 2.24) is 4.90 Å². The van der Waals surface area contributed by atoms with Gasteiger partial charge in [0.05, 0.1) is 0 Å². The average Bonchev–Trinajstić information content (AvgIpc) is 2.73. The molecule has 0 aliphatic carbocycles. The number of nitrogens with zero attached hydrogens (tertiary/aromatic N) is 1. The van der Waals surface area contributed by atoms with Crippen LogP contribution in [0.4, 0.5) is 5.69 Å². The van der Waals surface area contributed by atoms with Gasteiger partial charge in [-0.3, -0.25) is 14.5 Å². The van der Waals surface area contributed by atoms with Crippen molar-refractivity contribution in [3.63, 3.8) is 0 Å². The van der Waals surface area contributed by atoms with Gasteiger partial charge >= 0.3 is 0 Å². The SMILES string of the molecule is CCCCCCN1C(=O)C=C(Nc2ccc(Br)cc2)C1=O. The van der Waals surface area contributed by atoms with Gasteiger partial charge in [0.25, 0.3) is 11.8 Å². The first-order chi connectivity index (χ1) is 10.1. The Morgan fingerprint density at radius 2 is 1.81 bits per heavy atom. The Morgan fingerprint density at radius 1 is 1.10 bits per heavy atom. The summed E-state index contributed by atoms with van der Waals surface area (Å²) < 4.78 is 0.966. The number of unbranched alkanes of at least 4 members (excludes halogenated alkanes) is 3. The van der Waals surface area contributed by atoms with E-state index in [1.165, 1.54) is 11.0 Å². The van der Waals surface area contributed by atoms with Gasteiger partial charge in [0, 0.05) is 22.8 Å². The third-order valence-corrected chi connectivity index (χ3v) is 3.90. The lowest BCUT2D eigenvalue weighted by Crippen LogP contribution is -2.33. The van der Waals surface area contributed by atoms with Gasteiger partial charge in [-0.25, -0.2) is 0 Å². The monoisotopic (exact) mass is 350 g/mol. The van der Waals surface area contributed by atoms with E-state index in [0.717, 1.165) is 35.8 Å². The number of amides is 2. The van der Waals surface area contributed by atoms with E-state index >= 15 is 0 Å². The maximum atomic E-state index is 12.2. The van der Waals surface area contributed by atoms with E-state index in [2.05, 4.69) is 28.2 Å². The van der Waals surface area contributed by atoms with Crippen molar-refractivity contribution in [3.05, 3.63) is 40.5 Å². The van der Waals surface area contributed by atoms with E-state index in [1.807, 2.05) is 24.3 Å². The molecule has 1 heterocycles. The van der Waals surface area contributed by atoms with E-state index in [1.54, 1.807) is 0 Å². The molecular formula is C16H19BrN2O2. The summed E-state index contributed by atoms with van der Waals surface area (Å²) in [4.78, 5) is 25.4. The molecule has 0 saturated heterocycles. The average molecular weight is 351 g/mol. The van der Waals surface area contributed by atoms with Gasteiger partial charge in [-0.1, -0.05) is 42.1 Å². The zero-order chi connectivity index (χ0) is 15.2. The summed E-state index contributed by atoms with van der Waals surface area (Å²) in [7, 11) is 0. The molecule has 0 atom stereocenters. The van der Waals surface area contributed by atoms with Crippen molar-refractivity contribution in [2.24, 2.45) is 0 Å². The van der Waals surface area contributed by atoms with E-state index in [0.29, 0.717) is 12.2 Å². The Hall–Kier alpha value is -1.62. The number of rotatable bonds is 7. The summed E-state index contributed by atoms with van der Waals surface area (Å²) in [6.07, 6.45) is 5.56. The number of benzene rings is 1. The number of nitrogens with one attached hydrogen (secondary N) is 1. The summed E-state index contributed by atoms with van der Waals surface area (Å²) in [5, 5.41) is 3.01. The van der Waals surface area contributed by atoms with Crippen LogP contribution in [0.5, 0.6) is 0 Å². The summed E-state index contributed by atoms with van der Waals surface area (Å²) in [6.45, 7) is 2.63. The van der Waals surface area contributed by atoms with Crippen LogP contribution in [0, 0.1) is 0 Å². The largest absolute Gasteiger partial charge is 0.351 e. The molecule has 0 saturated carbocycles. The summed E-state index contributed by atoms with van der Waals surface area (Å²) in [5.74, 6) is -0.462. The fourth-order valence-corrected chi connectivity index (χ4v) is 2.46. The molecule has 21 heavy (non-hydrogen) atoms. The molecule has 0 radical (unpaired) electrons. The van der Waals surface area contributed by atoms with Gasteiger partial charge in [0.15, 0.2) is 0 Å². The van der Waals surface area contributed by atoms with Crippen molar-refractivity contribution in [3.8, 4) is 0 Å². The zero-order valence-corrected chi connectivity index (χ0v) is 13.6. The molecule has 1 aromatic carbocycles. The summed E-state index contributed by atoms with van der Waals surface area (Å²) in [6, 6.07) is 7.47. The number of anilines is 1. The normalized spacial score (nSPS) is 14.6. The van der Waals surface area contributed by atoms with Crippen LogP contribution in [0.3, 0.4) is 0 Å². The van der Waals surface area contributed by atoms with E-state index in [9.17, 15) is 9.59 Å². The molecule has 1 aromatic rings. The molecule has 5 heteroatoms. The molecule has 4 nitrogen and oxygen atoms in total. The Morgan fingerprint density at radius 3 is 2.48 bits per heavy atom. The molecule has 0 fully saturated rings. The zero-order valence-electron chi connectivity index (χ0n) is 12.1. The van der Waals surface area contributed by atoms with E-state index in [4.69, 9.17) is 0 Å². The van der Waals surface area contributed by atoms with Crippen molar-refractivity contribution in [2.75, 3.05) is 11.9 Å². The topological polar surface area (TPSA) is 49.4 Å². The summed E-state index contributed by atoms with van der Waals surface area (Å²) in [5.41, 5.74) is 1.14. The molecule has 112 valence electrons. The second-order valence-corrected chi connectivity index (χ2v) is 5.96. The molecule has 2 rings (SSSR count). The number of hydrogen-bond donors (Lipinski definition) is 1. The van der Waals surface area contributed by atoms with Crippen LogP contribution in [0.2, 0.25) is 0 Å². The van der Waals surface area contributed by atoms with Gasteiger partial charge in [0.2, 0.25) is 0 Å². The smallest absolute Gasteiger partial charge is 0.277 e. The van der Waals surface area contributed by atoms with Crippen LogP contribution in [-0.4, -0.2) is 23.3 Å². The van der Waals surface area contributed by atoms with Crippen molar-refractivity contribution < 1.29 is 9.59 Å². The number of carbonyl (C=O) groups excluding carboxylic acids is 2. The number of imide groups is 1. The molecule has 2 amide bonds. The van der Waals surface area contributed by atoms with Gasteiger partial charge in [-0.05, 0) is 30.7 Å². The number of carbonyl (C=O) groups is 2. The minimum Gasteiger partial charge on any atom is -0.351 e. The highest BCUT2D eigenvalue weighted by Gasteiger charge is 2.30. The van der Waals surface area contributed by atoms with Crippen LogP contribution < -0.4 is 5.32 Å². The third-order valence-electron chi connectivity index (χ3n) is 3.37. The lowest BCUT2D eigenvalue weighted by Gasteiger charge is -2.15. The number of halogens is 1. The predicted octanol–water partition coefficient (Wildman–Crippen LogP) is 3.69. The predicted molar refractivity (Wildman–Crippen MR) is 86.7 cm³/mol. The maximum Gasteiger partial charge on any atom is 0.277 e. The fourth-order valence-electron chi connectivity index (χ4n) is 2.20. The Balaban J connectivity index is 1.93. The second-order valence-electron chi connectivity index (χ2n) is 5.05. The molecule has 1 N–H and O–H groups in total. The van der Waals surface area contributed by atoms with Crippen molar-refractivity contribution >= 4 is 33.4 Å². The second kappa shape index (κ2) is 7.41. The molecule has 0 unspecified atom stereocenters. The van der Waals surface area contributed by atoms with Gasteiger partial charge in [-0.2, -0.15) is 0 Å². The van der Waals surface area contributed by atoms with E-state index in [-0.39, 0.29) is 11.8 Å². The minimum atomic E-state index is -0.237. The van der Waals surface area contributed by atoms with Gasteiger partial charge < -0.3 is 5.32 Å². The van der Waals surface area contributed by atoms with Crippen LogP contribution in [0.25, 0.3) is 0 Å². The Labute approximate surface area is 133 Å². The Kier molecular flexibility index (Phi) is 5.56. The molecule has 1 aliphatic heterocycles. The van der Waals surface area contributed by atoms with Crippen molar-refractivity contribution in [2.45, 2.75) is 32.6 Å². The first kappa shape index (κ1) is 15.8. The quantitative estimate of drug-likeness (QED) is 0.602.